The minimum absolute atomic E-state index is 0.382. The van der Waals surface area contributed by atoms with Crippen molar-refractivity contribution in [2.24, 2.45) is 4.99 Å². The average Bonchev–Trinajstić information content (AvgIpc) is 3.27. The molecule has 0 fully saturated rings. The van der Waals surface area contributed by atoms with Crippen molar-refractivity contribution in [3.05, 3.63) is 83.6 Å². The molecule has 2 aromatic heterocycles. The number of rotatable bonds is 6. The van der Waals surface area contributed by atoms with Gasteiger partial charge in [0.1, 0.15) is 0 Å². The zero-order chi connectivity index (χ0) is 24.7. The molecule has 0 amide bonds. The molecule has 0 aliphatic heterocycles. The summed E-state index contributed by atoms with van der Waals surface area (Å²) in [7, 11) is 9.47. The van der Waals surface area contributed by atoms with Crippen molar-refractivity contribution in [2.75, 3.05) is 0 Å². The Morgan fingerprint density at radius 2 is 1.53 bits per heavy atom. The van der Waals surface area contributed by atoms with Gasteiger partial charge in [0, 0.05) is 4.70 Å². The average molecular weight is 556 g/mol. The number of halogens is 2. The topological polar surface area (TPSA) is 25.2 Å². The summed E-state index contributed by atoms with van der Waals surface area (Å²) in [6, 6.07) is 23.6. The second-order valence-electron chi connectivity index (χ2n) is 8.61. The zero-order valence-electron chi connectivity index (χ0n) is 20.1. The molecule has 0 N–H and O–H groups in total. The van der Waals surface area contributed by atoms with Crippen molar-refractivity contribution in [3.8, 4) is 10.6 Å². The van der Waals surface area contributed by atoms with Gasteiger partial charge in [0.05, 0.1) is 27.7 Å². The molecule has 2 heterocycles. The van der Waals surface area contributed by atoms with E-state index in [2.05, 4.69) is 101 Å². The maximum atomic E-state index is 5.22. The molecule has 2 nitrogen and oxygen atoms in total. The fourth-order valence-corrected chi connectivity index (χ4v) is 4.97. The van der Waals surface area contributed by atoms with Gasteiger partial charge < -0.3 is 0 Å². The van der Waals surface area contributed by atoms with Crippen LogP contribution in [0.1, 0.15) is 69.7 Å². The van der Waals surface area contributed by atoms with Crippen molar-refractivity contribution >= 4 is 53.1 Å². The van der Waals surface area contributed by atoms with Gasteiger partial charge in [-0.2, -0.15) is 0 Å². The van der Waals surface area contributed by atoms with Gasteiger partial charge in [0.2, 0.25) is 0 Å². The molecule has 0 bridgehead atoms. The second-order valence-corrected chi connectivity index (χ2v) is 11.4. The molecule has 181 valence electrons. The number of thiophene rings is 1. The molecule has 2 aromatic carbocycles. The molecule has 0 spiro atoms. The summed E-state index contributed by atoms with van der Waals surface area (Å²) < 4.78 is 1.29. The van der Waals surface area contributed by atoms with Crippen LogP contribution in [0.3, 0.4) is 0 Å². The van der Waals surface area contributed by atoms with E-state index in [4.69, 9.17) is 30.3 Å². The summed E-state index contributed by atoms with van der Waals surface area (Å²) in [5.41, 5.74) is 6.75. The summed E-state index contributed by atoms with van der Waals surface area (Å²) >= 11 is 2.17. The van der Waals surface area contributed by atoms with E-state index in [-0.39, 0.29) is 0 Å². The first-order valence-corrected chi connectivity index (χ1v) is 15.1. The van der Waals surface area contributed by atoms with Crippen molar-refractivity contribution in [2.45, 2.75) is 52.9 Å². The van der Waals surface area contributed by atoms with Crippen molar-refractivity contribution in [1.29, 1.82) is 0 Å². The fraction of sp³-hybridized carbons (Fsp3) is 0.286. The van der Waals surface area contributed by atoms with E-state index >= 15 is 0 Å². The number of para-hydroxylation sites is 1. The number of nitrogens with zero attached hydrogens (tertiary/aromatic N) is 2. The summed E-state index contributed by atoms with van der Waals surface area (Å²) in [5, 5.41) is 1.27. The molecule has 0 saturated carbocycles. The van der Waals surface area contributed by atoms with Crippen LogP contribution in [-0.4, -0.2) is 10.7 Å². The van der Waals surface area contributed by atoms with Crippen molar-refractivity contribution < 1.29 is 12.9 Å². The normalized spacial score (nSPS) is 11.9. The fourth-order valence-electron chi connectivity index (χ4n) is 3.93. The third-order valence-electron chi connectivity index (χ3n) is 5.65. The van der Waals surface area contributed by atoms with E-state index < -0.39 is 0 Å². The van der Waals surface area contributed by atoms with Crippen LogP contribution in [0.25, 0.3) is 20.7 Å². The van der Waals surface area contributed by atoms with Crippen LogP contribution < -0.4 is 0 Å². The second kappa shape index (κ2) is 12.8. The van der Waals surface area contributed by atoms with Crippen LogP contribution in [0, 0.1) is 0 Å². The number of benzene rings is 2. The van der Waals surface area contributed by atoms with E-state index in [9.17, 15) is 0 Å². The predicted octanol–water partition coefficient (Wildman–Crippen LogP) is 10.1. The molecule has 34 heavy (non-hydrogen) atoms. The first kappa shape index (κ1) is 26.9. The molecule has 0 aliphatic carbocycles. The third-order valence-corrected chi connectivity index (χ3v) is 6.79. The molecule has 4 aromatic rings. The Hall–Kier alpha value is -1.69. The molecule has 0 aliphatic rings. The standard InChI is InChI=1S/C28H30N2S.2ClH.Co/c1-6-23(30-28-21(18(2)3)12-9-13-22(28)19(4)5)24-14-10-15-25(29-24)27-17-20-11-7-8-16-26(20)31-27;;;/h7-19H,6H2,1-5H3;2*1H;/q;;;+2/p-2. The SMILES string of the molecule is CCC(=Nc1c(C(C)C)cccc1C(C)C)c1cccc(-c2cc3ccccc3s2)n1.[Cl][Co][Cl]. The van der Waals surface area contributed by atoms with Crippen molar-refractivity contribution in [1.82, 2.24) is 4.98 Å². The molecule has 6 heteroatoms. The first-order chi connectivity index (χ1) is 16.4. The van der Waals surface area contributed by atoms with Gasteiger partial charge in [-0.3, -0.25) is 4.99 Å². The monoisotopic (exact) mass is 555 g/mol. The Balaban J connectivity index is 0.00000103. The number of aliphatic imine (C=N–C) groups is 1. The molecule has 0 unspecified atom stereocenters. The number of fused-ring (bicyclic) bond motifs is 1. The third kappa shape index (κ3) is 6.49. The predicted molar refractivity (Wildman–Crippen MR) is 148 cm³/mol. The molecular formula is C28H30Cl2CoN2S. The quantitative estimate of drug-likeness (QED) is 0.217. The number of pyridine rings is 1. The number of hydrogen-bond donors (Lipinski definition) is 0. The Kier molecular flexibility index (Phi) is 10.2. The van der Waals surface area contributed by atoms with E-state index in [1.165, 1.54) is 26.1 Å². The van der Waals surface area contributed by atoms with Crippen LogP contribution in [0.4, 0.5) is 5.69 Å². The summed E-state index contributed by atoms with van der Waals surface area (Å²) in [5.74, 6) is 0.849. The number of hydrogen-bond acceptors (Lipinski definition) is 3. The van der Waals surface area contributed by atoms with Crippen LogP contribution in [0.2, 0.25) is 0 Å². The van der Waals surface area contributed by atoms with Gasteiger partial charge >= 0.3 is 33.2 Å². The molecule has 0 radical (unpaired) electrons. The molecular weight excluding hydrogens is 526 g/mol. The summed E-state index contributed by atoms with van der Waals surface area (Å²) in [6.45, 7) is 11.1. The van der Waals surface area contributed by atoms with Crippen molar-refractivity contribution in [3.63, 3.8) is 0 Å². The molecule has 4 rings (SSSR count). The Bertz CT molecular complexity index is 1200. The van der Waals surface area contributed by atoms with Crippen LogP contribution in [0.15, 0.2) is 71.7 Å². The summed E-state index contributed by atoms with van der Waals surface area (Å²) in [4.78, 5) is 11.5. The number of aromatic nitrogens is 1. The van der Waals surface area contributed by atoms with Gasteiger partial charge in [-0.25, -0.2) is 4.98 Å². The Morgan fingerprint density at radius 1 is 0.912 bits per heavy atom. The van der Waals surface area contributed by atoms with Gasteiger partial charge in [-0.1, -0.05) is 77.1 Å². The van der Waals surface area contributed by atoms with Gasteiger partial charge in [-0.05, 0) is 59.0 Å². The first-order valence-electron chi connectivity index (χ1n) is 11.4. The minimum atomic E-state index is 0.382. The van der Waals surface area contributed by atoms with Gasteiger partial charge in [-0.15, -0.1) is 11.3 Å². The summed E-state index contributed by atoms with van der Waals surface area (Å²) in [6.07, 6.45) is 0.840. The maximum absolute atomic E-state index is 5.22. The van der Waals surface area contributed by atoms with Gasteiger partial charge in [0.15, 0.2) is 0 Å². The Labute approximate surface area is 221 Å². The molecule has 0 atom stereocenters. The van der Waals surface area contributed by atoms with Crippen LogP contribution in [-0.2, 0) is 12.9 Å². The Morgan fingerprint density at radius 3 is 2.12 bits per heavy atom. The van der Waals surface area contributed by atoms with Crippen LogP contribution >= 0.6 is 31.6 Å². The van der Waals surface area contributed by atoms with Gasteiger partial charge in [0.25, 0.3) is 0 Å². The zero-order valence-corrected chi connectivity index (χ0v) is 23.5. The van der Waals surface area contributed by atoms with E-state index in [0.717, 1.165) is 29.2 Å². The molecule has 0 saturated heterocycles. The van der Waals surface area contributed by atoms with E-state index in [1.54, 1.807) is 11.3 Å². The van der Waals surface area contributed by atoms with Crippen LogP contribution in [0.5, 0.6) is 0 Å². The van der Waals surface area contributed by atoms with E-state index in [0.29, 0.717) is 24.7 Å². The van der Waals surface area contributed by atoms with E-state index in [1.807, 2.05) is 0 Å².